The summed E-state index contributed by atoms with van der Waals surface area (Å²) >= 11 is 0. The van der Waals surface area contributed by atoms with Gasteiger partial charge in [-0.15, -0.1) is 0 Å². The average Bonchev–Trinajstić information content (AvgIpc) is 2.87. The minimum atomic E-state index is -0.230. The zero-order valence-electron chi connectivity index (χ0n) is 12.8. The van der Waals surface area contributed by atoms with Crippen LogP contribution in [0.1, 0.15) is 12.5 Å². The summed E-state index contributed by atoms with van der Waals surface area (Å²) < 4.78 is 5.27. The first kappa shape index (κ1) is 14.4. The Hall–Kier alpha value is -1.59. The molecule has 1 atom stereocenters. The molecule has 114 valence electrons. The van der Waals surface area contributed by atoms with Gasteiger partial charge in [0.2, 0.25) is 0 Å². The van der Waals surface area contributed by atoms with E-state index in [1.165, 1.54) is 5.56 Å². The third kappa shape index (κ3) is 2.76. The summed E-state index contributed by atoms with van der Waals surface area (Å²) in [6, 6.07) is 8.14. The van der Waals surface area contributed by atoms with Crippen molar-refractivity contribution in [2.24, 2.45) is 0 Å². The highest BCUT2D eigenvalue weighted by Gasteiger charge is 2.38. The summed E-state index contributed by atoms with van der Waals surface area (Å²) in [6.45, 7) is 6.33. The zero-order chi connectivity index (χ0) is 14.8. The van der Waals surface area contributed by atoms with Crippen LogP contribution in [-0.4, -0.2) is 61.9 Å². The van der Waals surface area contributed by atoms with Crippen molar-refractivity contribution in [2.45, 2.75) is 19.5 Å². The third-order valence-corrected chi connectivity index (χ3v) is 4.38. The summed E-state index contributed by atoms with van der Waals surface area (Å²) in [5.41, 5.74) is 2.23. The lowest BCUT2D eigenvalue weighted by molar-refractivity contribution is 0.102. The molecule has 0 aliphatic carbocycles. The maximum atomic E-state index is 12.4. The lowest BCUT2D eigenvalue weighted by Gasteiger charge is -2.39. The molecule has 5 nitrogen and oxygen atoms in total. The number of para-hydroxylation sites is 1. The number of carbonyl (C=O) groups excluding carboxylic acids is 1. The topological polar surface area (TPSA) is 36.0 Å². The molecule has 0 aromatic heterocycles. The van der Waals surface area contributed by atoms with Crippen LogP contribution in [0.5, 0.6) is 0 Å². The van der Waals surface area contributed by atoms with E-state index in [1.807, 2.05) is 30.0 Å². The number of hydrogen-bond acceptors (Lipinski definition) is 4. The number of piperazine rings is 1. The molecular weight excluding hydrogens is 266 g/mol. The summed E-state index contributed by atoms with van der Waals surface area (Å²) in [6.07, 6.45) is 0.750. The van der Waals surface area contributed by atoms with Gasteiger partial charge in [-0.1, -0.05) is 18.2 Å². The van der Waals surface area contributed by atoms with Crippen molar-refractivity contribution in [3.8, 4) is 0 Å². The monoisotopic (exact) mass is 289 g/mol. The van der Waals surface area contributed by atoms with Crippen LogP contribution in [0.3, 0.4) is 0 Å². The minimum absolute atomic E-state index is 0.0927. The summed E-state index contributed by atoms with van der Waals surface area (Å²) in [5, 5.41) is 0. The molecule has 0 N–H and O–H groups in total. The molecular formula is C16H23N3O2. The summed E-state index contributed by atoms with van der Waals surface area (Å²) in [7, 11) is 2.14. The SMILES string of the molecule is CCOC(=O)N1c2ccccc2CC1N1CCN(C)CC1. The van der Waals surface area contributed by atoms with Gasteiger partial charge in [0.05, 0.1) is 18.5 Å². The Kier molecular flexibility index (Phi) is 4.12. The number of fused-ring (bicyclic) bond motifs is 1. The molecule has 5 heteroatoms. The molecule has 3 rings (SSSR count). The van der Waals surface area contributed by atoms with Crippen molar-refractivity contribution >= 4 is 11.8 Å². The summed E-state index contributed by atoms with van der Waals surface area (Å²) in [5.74, 6) is 0. The van der Waals surface area contributed by atoms with E-state index in [-0.39, 0.29) is 12.3 Å². The highest BCUT2D eigenvalue weighted by molar-refractivity contribution is 5.91. The highest BCUT2D eigenvalue weighted by atomic mass is 16.6. The number of anilines is 1. The van der Waals surface area contributed by atoms with Gasteiger partial charge >= 0.3 is 6.09 Å². The van der Waals surface area contributed by atoms with Gasteiger partial charge in [0.25, 0.3) is 0 Å². The van der Waals surface area contributed by atoms with E-state index in [4.69, 9.17) is 4.74 Å². The quantitative estimate of drug-likeness (QED) is 0.831. The van der Waals surface area contributed by atoms with Crippen LogP contribution in [0.15, 0.2) is 24.3 Å². The van der Waals surface area contributed by atoms with Crippen molar-refractivity contribution < 1.29 is 9.53 Å². The fraction of sp³-hybridized carbons (Fsp3) is 0.562. The van der Waals surface area contributed by atoms with Gasteiger partial charge in [0.1, 0.15) is 0 Å². The van der Waals surface area contributed by atoms with Gasteiger partial charge in [-0.2, -0.15) is 0 Å². The Balaban J connectivity index is 1.84. The number of amides is 1. The average molecular weight is 289 g/mol. The second kappa shape index (κ2) is 6.03. The molecule has 0 bridgehead atoms. The molecule has 1 saturated heterocycles. The molecule has 1 amide bonds. The second-order valence-corrected chi connectivity index (χ2v) is 5.72. The molecule has 2 aliphatic heterocycles. The third-order valence-electron chi connectivity index (χ3n) is 4.38. The molecule has 1 unspecified atom stereocenters. The molecule has 0 spiro atoms. The van der Waals surface area contributed by atoms with Crippen molar-refractivity contribution in [1.82, 2.24) is 9.80 Å². The van der Waals surface area contributed by atoms with E-state index in [0.29, 0.717) is 6.61 Å². The van der Waals surface area contributed by atoms with E-state index in [0.717, 1.165) is 38.3 Å². The second-order valence-electron chi connectivity index (χ2n) is 5.72. The van der Waals surface area contributed by atoms with Crippen molar-refractivity contribution in [3.63, 3.8) is 0 Å². The minimum Gasteiger partial charge on any atom is -0.449 e. The maximum Gasteiger partial charge on any atom is 0.415 e. The zero-order valence-corrected chi connectivity index (χ0v) is 12.8. The Morgan fingerprint density at radius 1 is 1.24 bits per heavy atom. The van der Waals surface area contributed by atoms with Gasteiger partial charge in [-0.05, 0) is 25.6 Å². The largest absolute Gasteiger partial charge is 0.449 e. The Morgan fingerprint density at radius 2 is 1.95 bits per heavy atom. The van der Waals surface area contributed by atoms with Gasteiger partial charge in [-0.25, -0.2) is 4.79 Å². The Bertz CT molecular complexity index is 512. The van der Waals surface area contributed by atoms with Crippen LogP contribution < -0.4 is 4.90 Å². The highest BCUT2D eigenvalue weighted by Crippen LogP contribution is 2.34. The standard InChI is InChI=1S/C16H23N3O2/c1-3-21-16(20)19-14-7-5-4-6-13(14)12-15(19)18-10-8-17(2)9-11-18/h4-7,15H,3,8-12H2,1-2H3. The lowest BCUT2D eigenvalue weighted by Crippen LogP contribution is -2.56. The molecule has 0 saturated carbocycles. The maximum absolute atomic E-state index is 12.4. The number of carbonyl (C=O) groups is 1. The first-order valence-electron chi connectivity index (χ1n) is 7.67. The van der Waals surface area contributed by atoms with Crippen LogP contribution >= 0.6 is 0 Å². The fourth-order valence-corrected chi connectivity index (χ4v) is 3.19. The van der Waals surface area contributed by atoms with Crippen LogP contribution in [0, 0.1) is 0 Å². The van der Waals surface area contributed by atoms with Crippen molar-refractivity contribution in [3.05, 3.63) is 29.8 Å². The molecule has 0 radical (unpaired) electrons. The van der Waals surface area contributed by atoms with E-state index in [2.05, 4.69) is 22.9 Å². The number of benzene rings is 1. The van der Waals surface area contributed by atoms with Gasteiger partial charge in [-0.3, -0.25) is 9.80 Å². The number of hydrogen-bond donors (Lipinski definition) is 0. The van der Waals surface area contributed by atoms with Crippen molar-refractivity contribution in [2.75, 3.05) is 44.7 Å². The summed E-state index contributed by atoms with van der Waals surface area (Å²) in [4.78, 5) is 19.0. The van der Waals surface area contributed by atoms with E-state index < -0.39 is 0 Å². The van der Waals surface area contributed by atoms with Gasteiger partial charge in [0, 0.05) is 32.6 Å². The molecule has 1 aromatic rings. The number of ether oxygens (including phenoxy) is 1. The van der Waals surface area contributed by atoms with E-state index in [1.54, 1.807) is 0 Å². The number of rotatable bonds is 2. The number of nitrogens with zero attached hydrogens (tertiary/aromatic N) is 3. The normalized spacial score (nSPS) is 23.1. The number of likely N-dealkylation sites (N-methyl/N-ethyl adjacent to an activating group) is 1. The smallest absolute Gasteiger partial charge is 0.415 e. The fourth-order valence-electron chi connectivity index (χ4n) is 3.19. The predicted octanol–water partition coefficient (Wildman–Crippen LogP) is 1.78. The van der Waals surface area contributed by atoms with E-state index >= 15 is 0 Å². The van der Waals surface area contributed by atoms with Gasteiger partial charge < -0.3 is 9.64 Å². The van der Waals surface area contributed by atoms with E-state index in [9.17, 15) is 4.79 Å². The Labute approximate surface area is 126 Å². The predicted molar refractivity (Wildman–Crippen MR) is 82.5 cm³/mol. The van der Waals surface area contributed by atoms with Crippen LogP contribution in [-0.2, 0) is 11.2 Å². The molecule has 1 fully saturated rings. The molecule has 21 heavy (non-hydrogen) atoms. The van der Waals surface area contributed by atoms with Crippen LogP contribution in [0.4, 0.5) is 10.5 Å². The Morgan fingerprint density at radius 3 is 2.67 bits per heavy atom. The van der Waals surface area contributed by atoms with Gasteiger partial charge in [0.15, 0.2) is 0 Å². The molecule has 2 heterocycles. The van der Waals surface area contributed by atoms with Crippen LogP contribution in [0.25, 0.3) is 0 Å². The first-order valence-corrected chi connectivity index (χ1v) is 7.67. The van der Waals surface area contributed by atoms with Crippen molar-refractivity contribution in [1.29, 1.82) is 0 Å². The first-order chi connectivity index (χ1) is 10.2. The van der Waals surface area contributed by atoms with Crippen LogP contribution in [0.2, 0.25) is 0 Å². The lowest BCUT2D eigenvalue weighted by atomic mass is 10.1. The molecule has 1 aromatic carbocycles. The molecule has 2 aliphatic rings.